The molecule has 2 saturated heterocycles. The summed E-state index contributed by atoms with van der Waals surface area (Å²) in [6, 6.07) is 14.7. The zero-order valence-corrected chi connectivity index (χ0v) is 120. The van der Waals surface area contributed by atoms with E-state index in [2.05, 4.69) is 88.4 Å². The normalized spacial score (nSPS) is 12.1. The lowest BCUT2D eigenvalue weighted by molar-refractivity contribution is -0.235. The predicted molar refractivity (Wildman–Crippen MR) is 730 cm³/mol. The molecule has 14 nitrogen and oxygen atoms in total. The summed E-state index contributed by atoms with van der Waals surface area (Å²) in [6.45, 7) is 21.9. The van der Waals surface area contributed by atoms with E-state index in [0.717, 1.165) is 80.4 Å². The fraction of sp³-hybridized carbons (Fsp3) is 0.709. The van der Waals surface area contributed by atoms with Gasteiger partial charge in [0, 0.05) is 635 Å². The Balaban J connectivity index is 0. The Hall–Kier alpha value is 10.4. The van der Waals surface area contributed by atoms with Crippen LogP contribution in [0.4, 0.5) is 0 Å². The van der Waals surface area contributed by atoms with Crippen molar-refractivity contribution in [1.82, 2.24) is 10.6 Å². The minimum atomic E-state index is -0.728. The molecule has 0 saturated carbocycles. The fourth-order valence-corrected chi connectivity index (χ4v) is 140. The number of aliphatic carboxylic acids is 1. The third-order valence-electron chi connectivity index (χ3n) is 14.6. The summed E-state index contributed by atoms with van der Waals surface area (Å²) in [5.74, 6) is 1.31. The lowest BCUT2D eigenvalue weighted by Crippen LogP contribution is -2.37. The molecular weight excluding hydrogens is 2870 g/mol. The maximum Gasteiger partial charge on any atom is 0.303 e. The average molecular weight is 2960 g/mol. The molecule has 2 aliphatic rings. The largest absolute Gasteiger partial charge is 0.481 e. The van der Waals surface area contributed by atoms with Crippen LogP contribution in [0.5, 0.6) is 0 Å². The van der Waals surface area contributed by atoms with E-state index in [4.69, 9.17) is 84.8 Å². The maximum absolute atomic E-state index is 12.5. The Labute approximate surface area is 965 Å². The highest BCUT2D eigenvalue weighted by Crippen LogP contribution is 2.41. The van der Waals surface area contributed by atoms with Crippen molar-refractivity contribution < 1.29 is 53.4 Å². The lowest BCUT2D eigenvalue weighted by atomic mass is 9.83. The van der Waals surface area contributed by atoms with Crippen molar-refractivity contribution >= 4 is 596 Å². The van der Waals surface area contributed by atoms with Gasteiger partial charge in [-0.3, -0.25) is 19.2 Å². The van der Waals surface area contributed by atoms with Gasteiger partial charge in [0.25, 0.3) is 11.8 Å². The van der Waals surface area contributed by atoms with Crippen molar-refractivity contribution in [3.05, 3.63) is 70.8 Å². The number of nitrogens with one attached hydrogen (secondary N) is 2. The molecule has 131 heavy (non-hydrogen) atoms. The van der Waals surface area contributed by atoms with Crippen molar-refractivity contribution in [3.63, 3.8) is 0 Å². The molecular formula is C55H91N3O11S62. The second kappa shape index (κ2) is 107. The first-order valence-electron chi connectivity index (χ1n) is 35.5. The number of carboxylic acid groups (broad SMARTS) is 1. The van der Waals surface area contributed by atoms with E-state index >= 15 is 0 Å². The maximum atomic E-state index is 12.5. The molecule has 0 unspecified atom stereocenters. The fourth-order valence-electron chi connectivity index (χ4n) is 7.88. The average Bonchev–Trinajstić information content (AvgIpc) is 0.824. The van der Waals surface area contributed by atoms with Crippen LogP contribution in [-0.2, 0) is 557 Å². The number of rotatable bonds is 32. The summed E-state index contributed by atoms with van der Waals surface area (Å²) in [6.07, 6.45) is 10.6. The second-order valence-corrected chi connectivity index (χ2v) is 122. The van der Waals surface area contributed by atoms with E-state index in [9.17, 15) is 19.2 Å². The number of ketones is 1. The Kier molecular flexibility index (Phi) is 118. The molecule has 76 heteroatoms. The number of carbonyl (C=O) groups is 4. The first kappa shape index (κ1) is 143. The Morgan fingerprint density at radius 3 is 0.824 bits per heavy atom. The van der Waals surface area contributed by atoms with Crippen LogP contribution in [-0.4, -0.2) is 119 Å². The molecule has 0 aromatic heterocycles. The van der Waals surface area contributed by atoms with E-state index in [0.29, 0.717) is 82.9 Å². The van der Waals surface area contributed by atoms with E-state index in [1.165, 1.54) is 62.2 Å². The van der Waals surface area contributed by atoms with E-state index in [1.807, 2.05) is 197 Å². The van der Waals surface area contributed by atoms with E-state index in [1.54, 1.807) is 295 Å². The molecule has 0 aliphatic carbocycles. The van der Waals surface area contributed by atoms with Crippen LogP contribution in [0.25, 0.3) is 0 Å². The quantitative estimate of drug-likeness (QED) is 0.0297. The monoisotopic (exact) mass is 2950 g/mol. The number of carbonyl (C=O) groups excluding carboxylic acids is 3. The summed E-state index contributed by atoms with van der Waals surface area (Å²) in [5, 5.41) is 31.7. The van der Waals surface area contributed by atoms with Crippen molar-refractivity contribution in [2.75, 3.05) is 70.8 Å². The van der Waals surface area contributed by atoms with Gasteiger partial charge in [-0.05, 0) is 123 Å². The van der Waals surface area contributed by atoms with Crippen LogP contribution in [0.2, 0.25) is 0 Å². The topological polar surface area (TPSA) is 216 Å². The molecule has 2 fully saturated rings. The van der Waals surface area contributed by atoms with Gasteiger partial charge in [0.1, 0.15) is 5.78 Å². The van der Waals surface area contributed by atoms with Crippen LogP contribution in [0, 0.1) is 10.8 Å². The Bertz CT molecular complexity index is 6220. The van der Waals surface area contributed by atoms with Gasteiger partial charge >= 0.3 is 5.97 Å². The molecule has 7 N–H and O–H groups in total. The van der Waals surface area contributed by atoms with Crippen molar-refractivity contribution in [2.24, 2.45) is 16.6 Å². The van der Waals surface area contributed by atoms with Crippen molar-refractivity contribution in [2.45, 2.75) is 167 Å². The predicted octanol–water partition coefficient (Wildman–Crippen LogP) is 11.2. The molecule has 2 aromatic carbocycles. The second-order valence-electron chi connectivity index (χ2n) is 23.6. The van der Waals surface area contributed by atoms with Gasteiger partial charge in [-0.1, -0.05) is 95.1 Å². The van der Waals surface area contributed by atoms with Crippen LogP contribution < -0.4 is 16.4 Å². The summed E-state index contributed by atoms with van der Waals surface area (Å²) in [7, 11) is 96.5. The lowest BCUT2D eigenvalue weighted by Gasteiger charge is -2.39. The molecule has 4 rings (SSSR count). The zero-order valence-electron chi connectivity index (χ0n) is 68.9. The molecule has 0 atom stereocenters. The number of ether oxygens (including phenoxy) is 4. The minimum absolute atomic E-state index is 0.0161. The number of nitrogens with two attached hydrogens (primary N) is 1. The van der Waals surface area contributed by atoms with E-state index < -0.39 is 5.97 Å². The number of Topliss-reactive ketones (excluding diaryl/α,β-unsaturated/α-hetero) is 1. The number of carboxylic acids is 1. The van der Waals surface area contributed by atoms with Gasteiger partial charge < -0.3 is 50.6 Å². The Morgan fingerprint density at radius 1 is 0.359 bits per heavy atom. The molecule has 764 valence electrons. The van der Waals surface area contributed by atoms with Crippen molar-refractivity contribution in [3.8, 4) is 0 Å². The van der Waals surface area contributed by atoms with Gasteiger partial charge in [0.05, 0.1) is 26.4 Å². The number of hydrogen-bond acceptors (Lipinski definition) is 21. The molecule has 2 aliphatic heterocycles. The number of aliphatic hydroxyl groups excluding tert-OH is 2. The van der Waals surface area contributed by atoms with Gasteiger partial charge in [0.15, 0.2) is 12.6 Å². The van der Waals surface area contributed by atoms with Gasteiger partial charge in [-0.25, -0.2) is 0 Å². The highest BCUT2D eigenvalue weighted by Gasteiger charge is 2.36. The third kappa shape index (κ3) is 92.6. The number of unbranched alkanes of at least 4 members (excludes halogenated alkanes) is 2. The molecule has 2 heterocycles. The third-order valence-corrected chi connectivity index (χ3v) is 130. The zero-order chi connectivity index (χ0) is 96.9. The van der Waals surface area contributed by atoms with Crippen LogP contribution >= 0.6 is 43.2 Å². The smallest absolute Gasteiger partial charge is 0.303 e. The molecule has 0 bridgehead atoms. The standard InChI is InChI=1S/C28H45NO5S2.C17H26N2O3.C10H20O3S2.S27.S26.S5/c1-5-28(6-2)20-33-26(34-21-28)23-13-11-22(12-14-23)25(32)29-17-9-10-24(31)15-16-27(3,4)36-35-19-8-7-18-30;1-3-17(4-2)11-21-16(22-12-17)14-7-5-13(6-8-14)15(20)19-10-9-18;1-10(2,6-5-9(12)13)15-14-8-4-3-7-11;1-3-5-7-9-11-13-15-17-19-21-23-25-27-26-24-22-20-18-16-14-12-10-8-6-4-2;1-3-5-7-9-11-13-15-17-19-21-23-25-26-24-22-20-18-16-14-12-10-8-6-4-2;1-3-5-4-2/h11-14,26,30H,5-10,15-21H2,1-4H3,(H,29,32);5-8,16H,3-4,9-12,18H2,1-2H3,(H,19,20);11H,3-8H2,1-2H3,(H,12,13);;;. The number of amides is 2. The number of benzene rings is 2. The van der Waals surface area contributed by atoms with Gasteiger partial charge in [-0.15, -0.1) is 0 Å². The van der Waals surface area contributed by atoms with Crippen molar-refractivity contribution in [1.29, 1.82) is 0 Å². The molecule has 2 aromatic rings. The summed E-state index contributed by atoms with van der Waals surface area (Å²) < 4.78 is 23.8. The van der Waals surface area contributed by atoms with Crippen LogP contribution in [0.1, 0.15) is 190 Å². The van der Waals surface area contributed by atoms with Crippen LogP contribution in [0.15, 0.2) is 48.5 Å². The van der Waals surface area contributed by atoms with Gasteiger partial charge in [-0.2, -0.15) is 0 Å². The first-order chi connectivity index (χ1) is 63.6. The first-order valence-corrected chi connectivity index (χ1v) is 113. The molecule has 2 amide bonds. The highest BCUT2D eigenvalue weighted by molar-refractivity contribution is 8.82. The van der Waals surface area contributed by atoms with Crippen LogP contribution in [0.3, 0.4) is 0 Å². The number of hydrogen-bond donors (Lipinski definition) is 6. The molecule has 0 spiro atoms. The highest BCUT2D eigenvalue weighted by atomic mass is 33.5. The summed E-state index contributed by atoms with van der Waals surface area (Å²) >= 11 is 28.0. The molecule has 0 radical (unpaired) electrons. The Morgan fingerprint density at radius 2 is 0.603 bits per heavy atom. The summed E-state index contributed by atoms with van der Waals surface area (Å²) in [5.41, 5.74) is 8.68. The van der Waals surface area contributed by atoms with E-state index in [-0.39, 0.29) is 70.1 Å². The minimum Gasteiger partial charge on any atom is -0.481 e. The summed E-state index contributed by atoms with van der Waals surface area (Å²) in [4.78, 5) is 47.0. The number of aliphatic hydroxyl groups is 2. The SMILES string of the molecule is CC(C)(CCC(=O)O)SSCCCCO.CCC1(CC)COC(c2ccc(C(=O)NCCCC(=O)CCC(C)(C)SSCCCCO)cc2)OC1.CCC1(CC)COC(c2ccc(C(=O)NCCN)cc2)OC1.S=S=S=S=S.S=S=S=S=S=S=S=S=S=S=S=S=S=S=S=S=S=S=S=S=S=S=S=S=S=S.S=S=S=S=S=S=S=S=S=S=S=S=S=S=S=S=S=S=S=S=S=S=S=S=S=S=S. The van der Waals surface area contributed by atoms with Gasteiger partial charge in [0.2, 0.25) is 0 Å².